The maximum Gasteiger partial charge on any atom is 0.102 e. The van der Waals surface area contributed by atoms with Gasteiger partial charge in [-0.05, 0) is 55.8 Å². The molecule has 186 valence electrons. The number of nitrogens with one attached hydrogen (secondary N) is 3. The summed E-state index contributed by atoms with van der Waals surface area (Å²) in [4.78, 5) is 5.64. The summed E-state index contributed by atoms with van der Waals surface area (Å²) < 4.78 is 5.93. The highest BCUT2D eigenvalue weighted by molar-refractivity contribution is 7.80. The van der Waals surface area contributed by atoms with Gasteiger partial charge in [0.15, 0.2) is 0 Å². The van der Waals surface area contributed by atoms with Crippen LogP contribution in [-0.2, 0) is 4.74 Å². The number of benzene rings is 1. The quantitative estimate of drug-likeness (QED) is 0.446. The van der Waals surface area contributed by atoms with Crippen molar-refractivity contribution in [2.75, 3.05) is 38.5 Å². The van der Waals surface area contributed by atoms with Gasteiger partial charge in [-0.25, -0.2) is 0 Å². The number of dihydropyridines is 1. The van der Waals surface area contributed by atoms with Crippen LogP contribution < -0.4 is 16.0 Å². The molecule has 4 atom stereocenters. The van der Waals surface area contributed by atoms with Crippen molar-refractivity contribution in [3.8, 4) is 0 Å². The topological polar surface area (TPSA) is 51.8 Å². The smallest absolute Gasteiger partial charge is 0.102 e. The van der Waals surface area contributed by atoms with E-state index in [-0.39, 0.29) is 24.3 Å². The third-order valence-electron chi connectivity index (χ3n) is 6.86. The molecule has 4 aliphatic rings. The van der Waals surface area contributed by atoms with Crippen LogP contribution in [-0.4, -0.2) is 67.3 Å². The summed E-state index contributed by atoms with van der Waals surface area (Å²) in [6.45, 7) is 7.62. The Morgan fingerprint density at radius 3 is 2.71 bits per heavy atom. The number of rotatable bonds is 5. The number of allylic oxidation sites excluding steroid dienone is 4. The van der Waals surface area contributed by atoms with Crippen LogP contribution in [0.3, 0.4) is 0 Å². The fraction of sp³-hybridized carbons (Fsp3) is 0.407. The molecule has 0 spiro atoms. The Labute approximate surface area is 218 Å². The summed E-state index contributed by atoms with van der Waals surface area (Å²) in [6, 6.07) is 6.09. The largest absolute Gasteiger partial charge is 0.383 e. The molecule has 0 aliphatic carbocycles. The van der Waals surface area contributed by atoms with Gasteiger partial charge in [0.2, 0.25) is 0 Å². The molecule has 0 saturated carbocycles. The van der Waals surface area contributed by atoms with Gasteiger partial charge in [0, 0.05) is 53.7 Å². The Morgan fingerprint density at radius 2 is 1.94 bits per heavy atom. The third kappa shape index (κ3) is 5.52. The molecule has 5 rings (SSSR count). The Bertz CT molecular complexity index is 1100. The zero-order valence-electron chi connectivity index (χ0n) is 20.5. The maximum atomic E-state index is 6.18. The lowest BCUT2D eigenvalue weighted by molar-refractivity contribution is -0.0598. The molecular formula is C27H34ClN5OS. The molecule has 3 N–H and O–H groups in total. The van der Waals surface area contributed by atoms with Crippen LogP contribution in [0.15, 0.2) is 82.3 Å². The van der Waals surface area contributed by atoms with E-state index >= 15 is 0 Å². The van der Waals surface area contributed by atoms with E-state index < -0.39 is 0 Å². The Hall–Kier alpha value is -2.48. The van der Waals surface area contributed by atoms with Gasteiger partial charge in [0.25, 0.3) is 0 Å². The van der Waals surface area contributed by atoms with Crippen LogP contribution in [0.2, 0.25) is 5.02 Å². The molecule has 4 unspecified atom stereocenters. The van der Waals surface area contributed by atoms with Crippen LogP contribution in [0, 0.1) is 0 Å². The second-order valence-corrected chi connectivity index (χ2v) is 10.7. The van der Waals surface area contributed by atoms with E-state index in [1.807, 2.05) is 18.2 Å². The standard InChI is InChI=1S/C27H34ClN5OS/c1-17-15-33(16-18(2)34-17)27-6-4-5-24(31-27)25-8-7-19-13-29-22(12-26(19)32(25)3)14-30-21-9-20(28)10-23(35)11-21/h4-12,17-18,24,26,29-31,35H,13-16H2,1-3H3. The summed E-state index contributed by atoms with van der Waals surface area (Å²) in [7, 11) is 2.19. The number of likely N-dealkylation sites (N-methyl/N-ethyl adjacent to an activating group) is 1. The van der Waals surface area contributed by atoms with Crippen molar-refractivity contribution in [1.82, 2.24) is 20.4 Å². The molecule has 35 heavy (non-hydrogen) atoms. The first-order chi connectivity index (χ1) is 16.9. The Morgan fingerprint density at radius 1 is 1.14 bits per heavy atom. The number of morpholine rings is 1. The van der Waals surface area contributed by atoms with Gasteiger partial charge in [0.05, 0.1) is 30.8 Å². The molecule has 1 saturated heterocycles. The first kappa shape index (κ1) is 24.2. The predicted molar refractivity (Wildman–Crippen MR) is 147 cm³/mol. The maximum absolute atomic E-state index is 6.18. The van der Waals surface area contributed by atoms with Crippen molar-refractivity contribution in [2.45, 2.75) is 43.0 Å². The zero-order chi connectivity index (χ0) is 24.5. The van der Waals surface area contributed by atoms with Crippen molar-refractivity contribution >= 4 is 29.9 Å². The minimum absolute atomic E-state index is 0.122. The summed E-state index contributed by atoms with van der Waals surface area (Å²) in [6.07, 6.45) is 13.9. The summed E-state index contributed by atoms with van der Waals surface area (Å²) in [5, 5.41) is 11.5. The van der Waals surface area contributed by atoms with E-state index in [1.165, 1.54) is 22.8 Å². The molecule has 0 radical (unpaired) electrons. The third-order valence-corrected chi connectivity index (χ3v) is 7.33. The van der Waals surface area contributed by atoms with E-state index in [1.54, 1.807) is 0 Å². The fourth-order valence-electron chi connectivity index (χ4n) is 5.24. The highest BCUT2D eigenvalue weighted by atomic mass is 35.5. The van der Waals surface area contributed by atoms with Gasteiger partial charge in [0.1, 0.15) is 5.82 Å². The highest BCUT2D eigenvalue weighted by Gasteiger charge is 2.31. The van der Waals surface area contributed by atoms with Gasteiger partial charge in [-0.2, -0.15) is 0 Å². The second kappa shape index (κ2) is 10.2. The van der Waals surface area contributed by atoms with E-state index in [0.717, 1.165) is 30.2 Å². The summed E-state index contributed by atoms with van der Waals surface area (Å²) in [5.41, 5.74) is 4.76. The van der Waals surface area contributed by atoms with E-state index in [4.69, 9.17) is 16.3 Å². The van der Waals surface area contributed by atoms with Gasteiger partial charge in [-0.1, -0.05) is 29.8 Å². The molecule has 1 aromatic carbocycles. The number of fused-ring (bicyclic) bond motifs is 1. The van der Waals surface area contributed by atoms with Crippen LogP contribution in [0.4, 0.5) is 5.69 Å². The lowest BCUT2D eigenvalue weighted by atomic mass is 9.94. The molecule has 8 heteroatoms. The monoisotopic (exact) mass is 511 g/mol. The molecule has 6 nitrogen and oxygen atoms in total. The number of ether oxygens (including phenoxy) is 1. The van der Waals surface area contributed by atoms with Crippen molar-refractivity contribution in [3.63, 3.8) is 0 Å². The van der Waals surface area contributed by atoms with Crippen molar-refractivity contribution in [2.24, 2.45) is 0 Å². The average molecular weight is 512 g/mol. The first-order valence-electron chi connectivity index (χ1n) is 12.2. The lowest BCUT2D eigenvalue weighted by Crippen LogP contribution is -2.51. The second-order valence-electron chi connectivity index (χ2n) is 9.71. The van der Waals surface area contributed by atoms with Crippen molar-refractivity contribution < 1.29 is 4.74 Å². The molecular weight excluding hydrogens is 478 g/mol. The van der Waals surface area contributed by atoms with Crippen LogP contribution in [0.5, 0.6) is 0 Å². The van der Waals surface area contributed by atoms with Crippen LogP contribution in [0.25, 0.3) is 0 Å². The minimum atomic E-state index is 0.122. The zero-order valence-corrected chi connectivity index (χ0v) is 22.1. The molecule has 4 aliphatic heterocycles. The highest BCUT2D eigenvalue weighted by Crippen LogP contribution is 2.29. The van der Waals surface area contributed by atoms with Crippen LogP contribution >= 0.6 is 24.2 Å². The number of hydrogen-bond donors (Lipinski definition) is 4. The van der Waals surface area contributed by atoms with Crippen LogP contribution in [0.1, 0.15) is 13.8 Å². The van der Waals surface area contributed by atoms with Crippen molar-refractivity contribution in [3.05, 3.63) is 82.5 Å². The van der Waals surface area contributed by atoms with Gasteiger partial charge in [-0.3, -0.25) is 0 Å². The molecule has 0 aromatic heterocycles. The van der Waals surface area contributed by atoms with E-state index in [9.17, 15) is 0 Å². The predicted octanol–water partition coefficient (Wildman–Crippen LogP) is 4.13. The summed E-state index contributed by atoms with van der Waals surface area (Å²) in [5.74, 6) is 1.17. The van der Waals surface area contributed by atoms with Gasteiger partial charge in [-0.15, -0.1) is 12.6 Å². The van der Waals surface area contributed by atoms with E-state index in [2.05, 4.69) is 95.7 Å². The molecule has 0 amide bonds. The molecule has 1 aromatic rings. The molecule has 4 heterocycles. The summed E-state index contributed by atoms with van der Waals surface area (Å²) >= 11 is 10.6. The minimum Gasteiger partial charge on any atom is -0.383 e. The number of anilines is 1. The Balaban J connectivity index is 1.26. The normalized spacial score (nSPS) is 28.1. The molecule has 0 bridgehead atoms. The molecule has 1 fully saturated rings. The van der Waals surface area contributed by atoms with Gasteiger partial charge < -0.3 is 30.5 Å². The van der Waals surface area contributed by atoms with E-state index in [0.29, 0.717) is 11.6 Å². The average Bonchev–Trinajstić information content (AvgIpc) is 2.82. The number of nitrogens with zero attached hydrogens (tertiary/aromatic N) is 2. The number of halogens is 1. The SMILES string of the molecule is CC1CN(C2=CC=CC(C3=CC=C4CNC(CNc5cc(S)cc(Cl)c5)=CC4N3C)N2)CC(C)O1. The van der Waals surface area contributed by atoms with Crippen molar-refractivity contribution in [1.29, 1.82) is 0 Å². The lowest BCUT2D eigenvalue weighted by Gasteiger charge is -2.43. The first-order valence-corrected chi connectivity index (χ1v) is 13.0. The fourth-order valence-corrected chi connectivity index (χ4v) is 5.83. The Kier molecular flexibility index (Phi) is 7.09. The van der Waals surface area contributed by atoms with Gasteiger partial charge >= 0.3 is 0 Å². The number of hydrogen-bond acceptors (Lipinski definition) is 7. The number of thiol groups is 1.